The zero-order chi connectivity index (χ0) is 17.9. The number of benzene rings is 2. The van der Waals surface area contributed by atoms with Gasteiger partial charge in [-0.3, -0.25) is 0 Å². The fraction of sp³-hybridized carbons (Fsp3) is 0.263. The molecule has 2 rings (SSSR count). The molecule has 0 aromatic heterocycles. The minimum atomic E-state index is -2.88. The Hall–Kier alpha value is -1.89. The molecule has 2 aromatic rings. The molecule has 0 spiro atoms. The van der Waals surface area contributed by atoms with Gasteiger partial charge in [0.15, 0.2) is 0 Å². The van der Waals surface area contributed by atoms with Gasteiger partial charge < -0.3 is 0 Å². The second-order valence-corrected chi connectivity index (χ2v) is 8.89. The first kappa shape index (κ1) is 18.4. The third-order valence-electron chi connectivity index (χ3n) is 3.34. The summed E-state index contributed by atoms with van der Waals surface area (Å²) in [6, 6.07) is 11.9. The number of halogens is 1. The van der Waals surface area contributed by atoms with Gasteiger partial charge in [0.05, 0.1) is 0 Å². The molecule has 0 fully saturated rings. The molecule has 24 heavy (non-hydrogen) atoms. The molecule has 0 unspecified atom stereocenters. The number of rotatable bonds is 4. The molecule has 0 aliphatic carbocycles. The van der Waals surface area contributed by atoms with Gasteiger partial charge in [-0.15, -0.1) is 0 Å². The minimum absolute atomic E-state index is 0.436. The molecule has 0 saturated carbocycles. The van der Waals surface area contributed by atoms with Crippen LogP contribution in [0.5, 0.6) is 0 Å². The van der Waals surface area contributed by atoms with Gasteiger partial charge in [0.1, 0.15) is 0 Å². The van der Waals surface area contributed by atoms with Gasteiger partial charge in [-0.1, -0.05) is 0 Å². The van der Waals surface area contributed by atoms with Crippen LogP contribution in [-0.4, -0.2) is 11.9 Å². The van der Waals surface area contributed by atoms with E-state index in [0.717, 1.165) is 25.8 Å². The van der Waals surface area contributed by atoms with E-state index < -0.39 is 32.6 Å². The van der Waals surface area contributed by atoms with Crippen molar-refractivity contribution < 1.29 is 15.7 Å². The summed E-state index contributed by atoms with van der Waals surface area (Å²) in [6.07, 6.45) is 0. The first-order chi connectivity index (χ1) is 11.3. The quantitative estimate of drug-likeness (QED) is 0.634. The Bertz CT molecular complexity index is 744. The first-order valence-corrected chi connectivity index (χ1v) is 10.4. The summed E-state index contributed by atoms with van der Waals surface area (Å²) in [5, 5.41) is 0. The van der Waals surface area contributed by atoms with Gasteiger partial charge in [-0.25, -0.2) is 0 Å². The summed E-state index contributed by atoms with van der Waals surface area (Å²) < 4.78 is 11.6. The molecule has 0 aliphatic heterocycles. The van der Waals surface area contributed by atoms with E-state index in [0.29, 0.717) is 0 Å². The molecule has 0 bridgehead atoms. The van der Waals surface area contributed by atoms with Crippen molar-refractivity contribution in [1.82, 2.24) is 0 Å². The summed E-state index contributed by atoms with van der Waals surface area (Å²) in [5.74, 6) is -0.873. The van der Waals surface area contributed by atoms with Gasteiger partial charge in [-0.2, -0.15) is 0 Å². The van der Waals surface area contributed by atoms with Crippen molar-refractivity contribution >= 4 is 32.6 Å². The van der Waals surface area contributed by atoms with Crippen molar-refractivity contribution in [2.75, 3.05) is 0 Å². The van der Waals surface area contributed by atoms with Crippen LogP contribution in [0.3, 0.4) is 0 Å². The van der Waals surface area contributed by atoms with Gasteiger partial charge >= 0.3 is 151 Å². The molecule has 5 heteroatoms. The van der Waals surface area contributed by atoms with E-state index in [9.17, 15) is 9.59 Å². The van der Waals surface area contributed by atoms with Crippen LogP contribution < -0.4 is 0 Å². The standard InChI is InChI=1S/C19H21IO4/c1-12-10-13(2)19(14(3)11-12)17-8-6-7-9-18(17)20(23-15(4)21)24-16(5)22/h6-11H,1-5H3. The number of aryl methyl sites for hydroxylation is 3. The molecular formula is C19H21IO4. The predicted octanol–water partition coefficient (Wildman–Crippen LogP) is 4.91. The molecular weight excluding hydrogens is 419 g/mol. The van der Waals surface area contributed by atoms with E-state index in [1.807, 2.05) is 24.3 Å². The van der Waals surface area contributed by atoms with Gasteiger partial charge in [0.25, 0.3) is 0 Å². The van der Waals surface area contributed by atoms with Crippen molar-refractivity contribution in [3.8, 4) is 11.1 Å². The zero-order valence-corrected chi connectivity index (χ0v) is 16.6. The average Bonchev–Trinajstić information content (AvgIpc) is 2.45. The van der Waals surface area contributed by atoms with Crippen molar-refractivity contribution in [3.63, 3.8) is 0 Å². The maximum absolute atomic E-state index is 11.5. The van der Waals surface area contributed by atoms with Crippen LogP contribution in [0.25, 0.3) is 11.1 Å². The average molecular weight is 440 g/mol. The van der Waals surface area contributed by atoms with E-state index in [2.05, 4.69) is 32.9 Å². The summed E-state index contributed by atoms with van der Waals surface area (Å²) in [7, 11) is 0. The molecule has 0 atom stereocenters. The van der Waals surface area contributed by atoms with Crippen molar-refractivity contribution in [2.45, 2.75) is 34.6 Å². The Labute approximate surface area is 150 Å². The second-order valence-electron chi connectivity index (χ2n) is 5.61. The molecule has 0 aliphatic rings. The van der Waals surface area contributed by atoms with Crippen molar-refractivity contribution in [1.29, 1.82) is 0 Å². The molecule has 0 amide bonds. The normalized spacial score (nSPS) is 11.0. The molecule has 0 heterocycles. The van der Waals surface area contributed by atoms with Crippen LogP contribution in [0.15, 0.2) is 36.4 Å². The topological polar surface area (TPSA) is 52.6 Å². The first-order valence-electron chi connectivity index (χ1n) is 7.55. The summed E-state index contributed by atoms with van der Waals surface area (Å²) in [5.41, 5.74) is 5.53. The van der Waals surface area contributed by atoms with Crippen LogP contribution in [0.1, 0.15) is 30.5 Å². The Morgan fingerprint density at radius 1 is 0.875 bits per heavy atom. The van der Waals surface area contributed by atoms with Crippen LogP contribution in [0.2, 0.25) is 0 Å². The summed E-state index contributed by atoms with van der Waals surface area (Å²) >= 11 is -2.88. The summed E-state index contributed by atoms with van der Waals surface area (Å²) in [4.78, 5) is 22.9. The van der Waals surface area contributed by atoms with Crippen molar-refractivity contribution in [3.05, 3.63) is 56.7 Å². The van der Waals surface area contributed by atoms with Gasteiger partial charge in [0, 0.05) is 0 Å². The van der Waals surface area contributed by atoms with Gasteiger partial charge in [-0.05, 0) is 0 Å². The SMILES string of the molecule is CC(=O)OI(OC(C)=O)c1ccccc1-c1c(C)cc(C)cc1C. The molecule has 0 saturated heterocycles. The molecule has 0 N–H and O–H groups in total. The Kier molecular flexibility index (Phi) is 5.99. The van der Waals surface area contributed by atoms with Crippen LogP contribution in [0, 0.1) is 24.3 Å². The van der Waals surface area contributed by atoms with E-state index in [-0.39, 0.29) is 0 Å². The third kappa shape index (κ3) is 4.35. The Morgan fingerprint density at radius 3 is 1.88 bits per heavy atom. The predicted molar refractivity (Wildman–Crippen MR) is 102 cm³/mol. The third-order valence-corrected chi connectivity index (χ3v) is 7.27. The van der Waals surface area contributed by atoms with Crippen molar-refractivity contribution in [2.24, 2.45) is 0 Å². The van der Waals surface area contributed by atoms with Crippen LogP contribution in [-0.2, 0) is 15.7 Å². The van der Waals surface area contributed by atoms with E-state index in [1.54, 1.807) is 0 Å². The molecule has 2 aromatic carbocycles. The van der Waals surface area contributed by atoms with E-state index >= 15 is 0 Å². The number of carbonyl (C=O) groups is 2. The zero-order valence-electron chi connectivity index (χ0n) is 14.5. The number of hydrogen-bond donors (Lipinski definition) is 0. The molecule has 0 radical (unpaired) electrons. The van der Waals surface area contributed by atoms with Crippen LogP contribution in [0.4, 0.5) is 0 Å². The van der Waals surface area contributed by atoms with E-state index in [1.165, 1.54) is 19.4 Å². The van der Waals surface area contributed by atoms with E-state index in [4.69, 9.17) is 6.13 Å². The second kappa shape index (κ2) is 7.79. The fourth-order valence-corrected chi connectivity index (χ4v) is 5.82. The Balaban J connectivity index is 2.61. The summed E-state index contributed by atoms with van der Waals surface area (Å²) in [6.45, 7) is 8.84. The number of carbonyl (C=O) groups excluding carboxylic acids is 2. The Morgan fingerprint density at radius 2 is 1.38 bits per heavy atom. The van der Waals surface area contributed by atoms with Gasteiger partial charge in [0.2, 0.25) is 0 Å². The van der Waals surface area contributed by atoms with Crippen LogP contribution >= 0.6 is 20.6 Å². The fourth-order valence-electron chi connectivity index (χ4n) is 2.70. The molecule has 128 valence electrons. The maximum atomic E-state index is 11.5. The molecule has 4 nitrogen and oxygen atoms in total. The number of hydrogen-bond acceptors (Lipinski definition) is 4. The monoisotopic (exact) mass is 440 g/mol.